The maximum atomic E-state index is 12.7. The zero-order chi connectivity index (χ0) is 17.9. The third kappa shape index (κ3) is 4.15. The molecule has 1 aliphatic heterocycles. The van der Waals surface area contributed by atoms with Crippen molar-refractivity contribution in [3.05, 3.63) is 33.3 Å². The first kappa shape index (κ1) is 18.5. The van der Waals surface area contributed by atoms with Crippen LogP contribution in [0, 0.1) is 16.0 Å². The van der Waals surface area contributed by atoms with E-state index in [0.29, 0.717) is 19.0 Å². The van der Waals surface area contributed by atoms with E-state index in [1.807, 2.05) is 0 Å². The van der Waals surface area contributed by atoms with Gasteiger partial charge < -0.3 is 15.4 Å². The maximum absolute atomic E-state index is 12.7. The van der Waals surface area contributed by atoms with Crippen LogP contribution in [0.5, 0.6) is 5.75 Å². The molecule has 1 amide bonds. The van der Waals surface area contributed by atoms with Crippen LogP contribution < -0.4 is 10.5 Å². The van der Waals surface area contributed by atoms with Gasteiger partial charge in [-0.1, -0.05) is 18.5 Å². The minimum atomic E-state index is -0.840. The number of nitro groups is 1. The number of halogens is 1. The summed E-state index contributed by atoms with van der Waals surface area (Å²) in [6, 6.07) is 4.08. The molecular formula is C16H22ClN3O4. The van der Waals surface area contributed by atoms with Gasteiger partial charge in [0.15, 0.2) is 11.9 Å². The maximum Gasteiger partial charge on any atom is 0.312 e. The van der Waals surface area contributed by atoms with Crippen molar-refractivity contribution in [3.63, 3.8) is 0 Å². The summed E-state index contributed by atoms with van der Waals surface area (Å²) in [6.07, 6.45) is 0.930. The van der Waals surface area contributed by atoms with Crippen LogP contribution in [0.1, 0.15) is 26.7 Å². The molecule has 1 saturated heterocycles. The summed E-state index contributed by atoms with van der Waals surface area (Å²) < 4.78 is 5.56. The molecule has 0 saturated carbocycles. The Bertz CT molecular complexity index is 625. The number of carbonyl (C=O) groups is 1. The van der Waals surface area contributed by atoms with Crippen LogP contribution in [0.2, 0.25) is 5.02 Å². The lowest BCUT2D eigenvalue weighted by atomic mass is 9.92. The molecule has 1 aromatic rings. The summed E-state index contributed by atoms with van der Waals surface area (Å²) in [5.41, 5.74) is 5.53. The highest BCUT2D eigenvalue weighted by Gasteiger charge is 2.33. The molecule has 0 spiro atoms. The van der Waals surface area contributed by atoms with Crippen LogP contribution in [0.4, 0.5) is 5.69 Å². The summed E-state index contributed by atoms with van der Waals surface area (Å²) >= 11 is 5.78. The smallest absolute Gasteiger partial charge is 0.312 e. The molecule has 132 valence electrons. The minimum Gasteiger partial charge on any atom is -0.474 e. The molecule has 1 fully saturated rings. The highest BCUT2D eigenvalue weighted by molar-refractivity contribution is 6.30. The fourth-order valence-corrected chi connectivity index (χ4v) is 3.14. The van der Waals surface area contributed by atoms with Gasteiger partial charge in [-0.2, -0.15) is 0 Å². The number of benzene rings is 1. The second-order valence-electron chi connectivity index (χ2n) is 6.18. The largest absolute Gasteiger partial charge is 0.474 e. The number of piperidine rings is 1. The standard InChI is InChI=1S/C16H22ClN3O4/c1-10-5-6-19(13(7-10)9-18)16(21)11(2)24-15-4-3-12(17)8-14(15)20(22)23/h3-4,8,10-11,13H,5-7,9,18H2,1-2H3. The molecule has 1 heterocycles. The SMILES string of the molecule is CC1CCN(C(=O)C(C)Oc2ccc(Cl)cc2[N+](=O)[O-])C(CN)C1. The van der Waals surface area contributed by atoms with Crippen LogP contribution in [-0.2, 0) is 4.79 Å². The monoisotopic (exact) mass is 355 g/mol. The molecule has 0 aliphatic carbocycles. The van der Waals surface area contributed by atoms with Crippen molar-refractivity contribution in [2.75, 3.05) is 13.1 Å². The number of likely N-dealkylation sites (tertiary alicyclic amines) is 1. The normalized spacial score (nSPS) is 22.1. The van der Waals surface area contributed by atoms with Gasteiger partial charge in [0.2, 0.25) is 0 Å². The molecule has 8 heteroatoms. The summed E-state index contributed by atoms with van der Waals surface area (Å²) in [7, 11) is 0. The number of hydrogen-bond donors (Lipinski definition) is 1. The number of carbonyl (C=O) groups excluding carboxylic acids is 1. The Labute approximate surface area is 145 Å². The first-order valence-corrected chi connectivity index (χ1v) is 8.32. The van der Waals surface area contributed by atoms with E-state index in [0.717, 1.165) is 12.8 Å². The van der Waals surface area contributed by atoms with Crippen molar-refractivity contribution < 1.29 is 14.5 Å². The molecule has 2 rings (SSSR count). The van der Waals surface area contributed by atoms with Crippen LogP contribution in [0.25, 0.3) is 0 Å². The first-order chi connectivity index (χ1) is 11.3. The van der Waals surface area contributed by atoms with Gasteiger partial charge in [0.25, 0.3) is 5.91 Å². The van der Waals surface area contributed by atoms with Gasteiger partial charge in [-0.15, -0.1) is 0 Å². The summed E-state index contributed by atoms with van der Waals surface area (Å²) in [5, 5.41) is 11.4. The number of rotatable bonds is 5. The van der Waals surface area contributed by atoms with Crippen molar-refractivity contribution in [2.24, 2.45) is 11.7 Å². The molecule has 3 atom stereocenters. The van der Waals surface area contributed by atoms with Gasteiger partial charge in [0.1, 0.15) is 0 Å². The Kier molecular flexibility index (Phi) is 6.01. The molecule has 7 nitrogen and oxygen atoms in total. The highest BCUT2D eigenvalue weighted by atomic mass is 35.5. The van der Waals surface area contributed by atoms with E-state index < -0.39 is 11.0 Å². The lowest BCUT2D eigenvalue weighted by Gasteiger charge is -2.39. The number of amides is 1. The predicted octanol–water partition coefficient (Wildman–Crippen LogP) is 2.60. The third-order valence-electron chi connectivity index (χ3n) is 4.30. The highest BCUT2D eigenvalue weighted by Crippen LogP contribution is 2.31. The van der Waals surface area contributed by atoms with Crippen molar-refractivity contribution in [2.45, 2.75) is 38.8 Å². The Morgan fingerprint density at radius 2 is 2.29 bits per heavy atom. The molecule has 0 aromatic heterocycles. The van der Waals surface area contributed by atoms with Crippen molar-refractivity contribution >= 4 is 23.2 Å². The summed E-state index contributed by atoms with van der Waals surface area (Å²) in [4.78, 5) is 24.9. The quantitative estimate of drug-likeness (QED) is 0.646. The average molecular weight is 356 g/mol. The van der Waals surface area contributed by atoms with E-state index in [-0.39, 0.29) is 28.4 Å². The van der Waals surface area contributed by atoms with Gasteiger partial charge in [-0.3, -0.25) is 14.9 Å². The predicted molar refractivity (Wildman–Crippen MR) is 91.1 cm³/mol. The average Bonchev–Trinajstić information content (AvgIpc) is 2.55. The van der Waals surface area contributed by atoms with E-state index in [9.17, 15) is 14.9 Å². The van der Waals surface area contributed by atoms with E-state index in [1.54, 1.807) is 11.8 Å². The number of nitrogens with zero attached hydrogens (tertiary/aromatic N) is 2. The van der Waals surface area contributed by atoms with Gasteiger partial charge in [-0.05, 0) is 37.8 Å². The third-order valence-corrected chi connectivity index (χ3v) is 4.54. The number of ether oxygens (including phenoxy) is 1. The first-order valence-electron chi connectivity index (χ1n) is 7.94. The molecule has 24 heavy (non-hydrogen) atoms. The molecule has 0 bridgehead atoms. The van der Waals surface area contributed by atoms with E-state index >= 15 is 0 Å². The summed E-state index contributed by atoms with van der Waals surface area (Å²) in [6.45, 7) is 4.75. The van der Waals surface area contributed by atoms with E-state index in [1.165, 1.54) is 18.2 Å². The lowest BCUT2D eigenvalue weighted by Crippen LogP contribution is -2.52. The fourth-order valence-electron chi connectivity index (χ4n) is 2.97. The minimum absolute atomic E-state index is 0.0208. The lowest BCUT2D eigenvalue weighted by molar-refractivity contribution is -0.386. The van der Waals surface area contributed by atoms with Crippen LogP contribution in [-0.4, -0.2) is 41.0 Å². The number of hydrogen-bond acceptors (Lipinski definition) is 5. The molecule has 3 unspecified atom stereocenters. The number of nitro benzene ring substituents is 1. The Hall–Kier alpha value is -1.86. The molecular weight excluding hydrogens is 334 g/mol. The second kappa shape index (κ2) is 7.81. The van der Waals surface area contributed by atoms with Gasteiger partial charge in [0.05, 0.1) is 4.92 Å². The summed E-state index contributed by atoms with van der Waals surface area (Å²) in [5.74, 6) is 0.345. The van der Waals surface area contributed by atoms with Gasteiger partial charge in [-0.25, -0.2) is 0 Å². The molecule has 0 radical (unpaired) electrons. The van der Waals surface area contributed by atoms with Crippen molar-refractivity contribution in [3.8, 4) is 5.75 Å². The zero-order valence-corrected chi connectivity index (χ0v) is 14.5. The Balaban J connectivity index is 2.13. The van der Waals surface area contributed by atoms with Gasteiger partial charge >= 0.3 is 5.69 Å². The molecule has 1 aliphatic rings. The molecule has 2 N–H and O–H groups in total. The second-order valence-corrected chi connectivity index (χ2v) is 6.62. The van der Waals surface area contributed by atoms with Crippen LogP contribution >= 0.6 is 11.6 Å². The zero-order valence-electron chi connectivity index (χ0n) is 13.8. The van der Waals surface area contributed by atoms with Crippen molar-refractivity contribution in [1.82, 2.24) is 4.90 Å². The number of nitrogens with two attached hydrogens (primary N) is 1. The fraction of sp³-hybridized carbons (Fsp3) is 0.562. The van der Waals surface area contributed by atoms with Gasteiger partial charge in [0, 0.05) is 30.2 Å². The van der Waals surface area contributed by atoms with Crippen LogP contribution in [0.15, 0.2) is 18.2 Å². The van der Waals surface area contributed by atoms with E-state index in [2.05, 4.69) is 6.92 Å². The van der Waals surface area contributed by atoms with E-state index in [4.69, 9.17) is 22.1 Å². The van der Waals surface area contributed by atoms with Crippen LogP contribution in [0.3, 0.4) is 0 Å². The Morgan fingerprint density at radius 1 is 1.58 bits per heavy atom. The van der Waals surface area contributed by atoms with Crippen molar-refractivity contribution in [1.29, 1.82) is 0 Å². The molecule has 1 aromatic carbocycles. The topological polar surface area (TPSA) is 98.7 Å². The Morgan fingerprint density at radius 3 is 2.92 bits per heavy atom.